The van der Waals surface area contributed by atoms with Crippen molar-refractivity contribution >= 4 is 17.0 Å². The number of para-hydroxylation sites is 1. The van der Waals surface area contributed by atoms with E-state index in [9.17, 15) is 9.90 Å². The van der Waals surface area contributed by atoms with E-state index in [1.165, 1.54) is 10.9 Å². The Hall–Kier alpha value is -2.01. The third-order valence-corrected chi connectivity index (χ3v) is 4.26. The van der Waals surface area contributed by atoms with Crippen molar-refractivity contribution < 1.29 is 14.6 Å². The van der Waals surface area contributed by atoms with Crippen molar-refractivity contribution in [2.24, 2.45) is 0 Å². The van der Waals surface area contributed by atoms with Gasteiger partial charge in [0.25, 0.3) is 0 Å². The van der Waals surface area contributed by atoms with Gasteiger partial charge in [0.2, 0.25) is 0 Å². The predicted molar refractivity (Wildman–Crippen MR) is 94.0 cm³/mol. The van der Waals surface area contributed by atoms with Gasteiger partial charge in [0.15, 0.2) is 0 Å². The molecule has 1 aromatic carbocycles. The zero-order valence-corrected chi connectivity index (χ0v) is 14.9. The molecule has 0 fully saturated rings. The molecule has 5 heteroatoms. The Morgan fingerprint density at radius 3 is 2.71 bits per heavy atom. The summed E-state index contributed by atoms with van der Waals surface area (Å²) in [7, 11) is 0. The van der Waals surface area contributed by atoms with E-state index in [2.05, 4.69) is 16.7 Å². The van der Waals surface area contributed by atoms with Gasteiger partial charge < -0.3 is 19.3 Å². The first kappa shape index (κ1) is 16.8. The number of aliphatic hydroxyl groups is 1. The fourth-order valence-corrected chi connectivity index (χ4v) is 3.35. The van der Waals surface area contributed by atoms with Gasteiger partial charge >= 0.3 is 6.09 Å². The number of hydrogen-bond acceptors (Lipinski definition) is 3. The Bertz CT molecular complexity index is 756. The molecule has 1 aliphatic heterocycles. The Labute approximate surface area is 142 Å². The van der Waals surface area contributed by atoms with Crippen LogP contribution in [0.4, 0.5) is 4.79 Å². The Kier molecular flexibility index (Phi) is 4.30. The van der Waals surface area contributed by atoms with Crippen molar-refractivity contribution in [1.82, 2.24) is 9.47 Å². The zero-order valence-electron chi connectivity index (χ0n) is 14.9. The SMILES string of the molecule is CC(O)Cn1c2c(c3ccccc31)CCN(C(=O)OC(C)(C)C)C2. The quantitative estimate of drug-likeness (QED) is 0.919. The second kappa shape index (κ2) is 6.13. The molecule has 0 aliphatic carbocycles. The van der Waals surface area contributed by atoms with Gasteiger partial charge in [-0.2, -0.15) is 0 Å². The Morgan fingerprint density at radius 1 is 1.33 bits per heavy atom. The molecule has 1 atom stereocenters. The molecular formula is C19H26N2O3. The lowest BCUT2D eigenvalue weighted by Crippen LogP contribution is -2.40. The summed E-state index contributed by atoms with van der Waals surface area (Å²) >= 11 is 0. The van der Waals surface area contributed by atoms with Gasteiger partial charge in [-0.15, -0.1) is 0 Å². The largest absolute Gasteiger partial charge is 0.444 e. The smallest absolute Gasteiger partial charge is 0.410 e. The lowest BCUT2D eigenvalue weighted by atomic mass is 10.0. The number of fused-ring (bicyclic) bond motifs is 3. The molecule has 3 rings (SSSR count). The highest BCUT2D eigenvalue weighted by molar-refractivity contribution is 5.86. The van der Waals surface area contributed by atoms with Gasteiger partial charge in [-0.1, -0.05) is 18.2 Å². The van der Waals surface area contributed by atoms with E-state index in [-0.39, 0.29) is 6.09 Å². The highest BCUT2D eigenvalue weighted by Crippen LogP contribution is 2.31. The van der Waals surface area contributed by atoms with Crippen molar-refractivity contribution in [3.8, 4) is 0 Å². The molecule has 1 aliphatic rings. The van der Waals surface area contributed by atoms with Crippen molar-refractivity contribution in [2.75, 3.05) is 6.54 Å². The number of amides is 1. The first-order valence-corrected chi connectivity index (χ1v) is 8.51. The monoisotopic (exact) mass is 330 g/mol. The summed E-state index contributed by atoms with van der Waals surface area (Å²) in [4.78, 5) is 14.2. The molecule has 2 heterocycles. The second-order valence-electron chi connectivity index (χ2n) is 7.55. The molecule has 1 aromatic heterocycles. The molecule has 1 amide bonds. The number of benzene rings is 1. The number of nitrogens with zero attached hydrogens (tertiary/aromatic N) is 2. The maximum absolute atomic E-state index is 12.4. The van der Waals surface area contributed by atoms with Crippen molar-refractivity contribution in [3.05, 3.63) is 35.5 Å². The number of aliphatic hydroxyl groups excluding tert-OH is 1. The van der Waals surface area contributed by atoms with Crippen LogP contribution in [0.5, 0.6) is 0 Å². The van der Waals surface area contributed by atoms with Crippen LogP contribution in [0.25, 0.3) is 10.9 Å². The van der Waals surface area contributed by atoms with E-state index in [1.54, 1.807) is 11.8 Å². The van der Waals surface area contributed by atoms with E-state index >= 15 is 0 Å². The first-order valence-electron chi connectivity index (χ1n) is 8.51. The number of carbonyl (C=O) groups excluding carboxylic acids is 1. The van der Waals surface area contributed by atoms with Gasteiger partial charge in [0, 0.05) is 29.7 Å². The topological polar surface area (TPSA) is 54.7 Å². The van der Waals surface area contributed by atoms with Gasteiger partial charge in [-0.05, 0) is 45.7 Å². The second-order valence-corrected chi connectivity index (χ2v) is 7.55. The summed E-state index contributed by atoms with van der Waals surface area (Å²) in [5.74, 6) is 0. The zero-order chi connectivity index (χ0) is 17.5. The average molecular weight is 330 g/mol. The van der Waals surface area contributed by atoms with Gasteiger partial charge in [-0.25, -0.2) is 4.79 Å². The van der Waals surface area contributed by atoms with E-state index in [1.807, 2.05) is 32.9 Å². The van der Waals surface area contributed by atoms with Crippen molar-refractivity contribution in [3.63, 3.8) is 0 Å². The lowest BCUT2D eigenvalue weighted by molar-refractivity contribution is 0.0218. The molecule has 0 radical (unpaired) electrons. The summed E-state index contributed by atoms with van der Waals surface area (Å²) < 4.78 is 7.66. The van der Waals surface area contributed by atoms with Crippen LogP contribution < -0.4 is 0 Å². The first-order chi connectivity index (χ1) is 11.3. The molecule has 0 bridgehead atoms. The minimum absolute atomic E-state index is 0.276. The van der Waals surface area contributed by atoms with Gasteiger partial charge in [0.1, 0.15) is 5.60 Å². The molecule has 24 heavy (non-hydrogen) atoms. The summed E-state index contributed by atoms with van der Waals surface area (Å²) in [6, 6.07) is 8.25. The van der Waals surface area contributed by atoms with E-state index in [4.69, 9.17) is 4.74 Å². The number of ether oxygens (including phenoxy) is 1. The molecule has 0 saturated heterocycles. The molecule has 1 N–H and O–H groups in total. The summed E-state index contributed by atoms with van der Waals surface area (Å²) in [5, 5.41) is 11.1. The molecule has 0 spiro atoms. The molecule has 5 nitrogen and oxygen atoms in total. The van der Waals surface area contributed by atoms with E-state index < -0.39 is 11.7 Å². The molecule has 1 unspecified atom stereocenters. The number of aromatic nitrogens is 1. The van der Waals surface area contributed by atoms with Crippen LogP contribution in [0.2, 0.25) is 0 Å². The summed E-state index contributed by atoms with van der Waals surface area (Å²) in [5.41, 5.74) is 3.01. The van der Waals surface area contributed by atoms with Crippen LogP contribution in [-0.4, -0.2) is 38.9 Å². The van der Waals surface area contributed by atoms with Crippen molar-refractivity contribution in [2.45, 2.75) is 58.9 Å². The Morgan fingerprint density at radius 2 is 2.04 bits per heavy atom. The number of carbonyl (C=O) groups is 1. The highest BCUT2D eigenvalue weighted by Gasteiger charge is 2.29. The van der Waals surface area contributed by atoms with Crippen LogP contribution in [-0.2, 0) is 24.2 Å². The van der Waals surface area contributed by atoms with Crippen LogP contribution in [0.1, 0.15) is 39.0 Å². The fourth-order valence-electron chi connectivity index (χ4n) is 3.35. The Balaban J connectivity index is 1.96. The van der Waals surface area contributed by atoms with Crippen LogP contribution in [0.3, 0.4) is 0 Å². The van der Waals surface area contributed by atoms with Gasteiger partial charge in [-0.3, -0.25) is 0 Å². The van der Waals surface area contributed by atoms with E-state index in [0.717, 1.165) is 17.6 Å². The maximum Gasteiger partial charge on any atom is 0.410 e. The molecule has 2 aromatic rings. The summed E-state index contributed by atoms with van der Waals surface area (Å²) in [6.45, 7) is 9.13. The molecular weight excluding hydrogens is 304 g/mol. The lowest BCUT2D eigenvalue weighted by Gasteiger charge is -2.31. The van der Waals surface area contributed by atoms with Crippen LogP contribution in [0.15, 0.2) is 24.3 Å². The maximum atomic E-state index is 12.4. The van der Waals surface area contributed by atoms with Gasteiger partial charge in [0.05, 0.1) is 12.6 Å². The standard InChI is InChI=1S/C19H26N2O3/c1-13(22)11-21-16-8-6-5-7-14(16)15-9-10-20(12-17(15)21)18(23)24-19(2,3)4/h5-8,13,22H,9-12H2,1-4H3. The van der Waals surface area contributed by atoms with Crippen LogP contribution in [0, 0.1) is 0 Å². The third kappa shape index (κ3) is 3.26. The van der Waals surface area contributed by atoms with Crippen LogP contribution >= 0.6 is 0 Å². The van der Waals surface area contributed by atoms with E-state index in [0.29, 0.717) is 19.6 Å². The molecule has 0 saturated carbocycles. The average Bonchev–Trinajstić information content (AvgIpc) is 2.79. The minimum Gasteiger partial charge on any atom is -0.444 e. The van der Waals surface area contributed by atoms with Crippen molar-refractivity contribution in [1.29, 1.82) is 0 Å². The minimum atomic E-state index is -0.496. The number of hydrogen-bond donors (Lipinski definition) is 1. The normalized spacial score (nSPS) is 16.1. The molecule has 130 valence electrons. The number of rotatable bonds is 2. The third-order valence-electron chi connectivity index (χ3n) is 4.26. The fraction of sp³-hybridized carbons (Fsp3) is 0.526. The predicted octanol–water partition coefficient (Wildman–Crippen LogP) is 3.32. The highest BCUT2D eigenvalue weighted by atomic mass is 16.6. The summed E-state index contributed by atoms with van der Waals surface area (Å²) in [6.07, 6.45) is 0.0887.